The second kappa shape index (κ2) is 2.43. The Labute approximate surface area is 65.6 Å². The highest BCUT2D eigenvalue weighted by Crippen LogP contribution is 2.20. The Morgan fingerprint density at radius 3 is 3.18 bits per heavy atom. The van der Waals surface area contributed by atoms with Gasteiger partial charge in [0.1, 0.15) is 0 Å². The van der Waals surface area contributed by atoms with E-state index in [1.807, 2.05) is 18.2 Å². The molecule has 3 heteroatoms. The molecule has 1 aliphatic rings. The van der Waals surface area contributed by atoms with Crippen LogP contribution in [0.5, 0.6) is 0 Å². The zero-order valence-electron chi connectivity index (χ0n) is 6.22. The molecule has 0 aromatic heterocycles. The Hall–Kier alpha value is -1.22. The number of fused-ring (bicyclic) bond motifs is 1. The zero-order valence-corrected chi connectivity index (χ0v) is 6.22. The molecule has 0 saturated heterocycles. The molecule has 0 amide bonds. The Morgan fingerprint density at radius 1 is 1.36 bits per heavy atom. The average Bonchev–Trinajstić information content (AvgIpc) is 2.04. The van der Waals surface area contributed by atoms with E-state index in [2.05, 4.69) is 10.6 Å². The van der Waals surface area contributed by atoms with Crippen LogP contribution in [0.1, 0.15) is 5.56 Å². The van der Waals surface area contributed by atoms with Crippen LogP contribution in [0.15, 0.2) is 18.2 Å². The minimum Gasteiger partial charge on any atom is -0.399 e. The number of nitrogens with one attached hydrogen (secondary N) is 2. The van der Waals surface area contributed by atoms with Gasteiger partial charge in [-0.25, -0.2) is 0 Å². The first-order valence-corrected chi connectivity index (χ1v) is 3.69. The maximum atomic E-state index is 5.63. The summed E-state index contributed by atoms with van der Waals surface area (Å²) in [5.74, 6) is 0. The Kier molecular flexibility index (Phi) is 1.43. The van der Waals surface area contributed by atoms with Crippen LogP contribution in [-0.4, -0.2) is 6.67 Å². The van der Waals surface area contributed by atoms with Gasteiger partial charge in [0.15, 0.2) is 0 Å². The average molecular weight is 149 g/mol. The summed E-state index contributed by atoms with van der Waals surface area (Å²) < 4.78 is 0. The van der Waals surface area contributed by atoms with Crippen LogP contribution in [0.2, 0.25) is 0 Å². The number of hydrogen-bond donors (Lipinski definition) is 3. The SMILES string of the molecule is Nc1ccc2c(c1)CNCN2. The van der Waals surface area contributed by atoms with E-state index in [1.54, 1.807) is 0 Å². The molecule has 4 N–H and O–H groups in total. The normalized spacial score (nSPS) is 15.3. The van der Waals surface area contributed by atoms with E-state index in [0.717, 1.165) is 18.9 Å². The third kappa shape index (κ3) is 1.14. The zero-order chi connectivity index (χ0) is 7.68. The summed E-state index contributed by atoms with van der Waals surface area (Å²) in [6.07, 6.45) is 0. The smallest absolute Gasteiger partial charge is 0.0655 e. The lowest BCUT2D eigenvalue weighted by molar-refractivity contribution is 0.710. The van der Waals surface area contributed by atoms with Gasteiger partial charge in [0.25, 0.3) is 0 Å². The maximum Gasteiger partial charge on any atom is 0.0655 e. The second-order valence-electron chi connectivity index (χ2n) is 2.70. The summed E-state index contributed by atoms with van der Waals surface area (Å²) in [6.45, 7) is 1.75. The molecule has 0 spiro atoms. The molecule has 0 atom stereocenters. The predicted molar refractivity (Wildman–Crippen MR) is 46.2 cm³/mol. The second-order valence-corrected chi connectivity index (χ2v) is 2.70. The van der Waals surface area contributed by atoms with Gasteiger partial charge < -0.3 is 11.1 Å². The van der Waals surface area contributed by atoms with Gasteiger partial charge in [-0.3, -0.25) is 5.32 Å². The molecule has 2 rings (SSSR count). The summed E-state index contributed by atoms with van der Waals surface area (Å²) in [6, 6.07) is 5.93. The van der Waals surface area contributed by atoms with E-state index >= 15 is 0 Å². The molecule has 3 nitrogen and oxygen atoms in total. The highest BCUT2D eigenvalue weighted by atomic mass is 15.1. The van der Waals surface area contributed by atoms with E-state index in [1.165, 1.54) is 11.3 Å². The summed E-state index contributed by atoms with van der Waals surface area (Å²) >= 11 is 0. The summed E-state index contributed by atoms with van der Waals surface area (Å²) in [5, 5.41) is 6.42. The Balaban J connectivity index is 2.43. The monoisotopic (exact) mass is 149 g/mol. The van der Waals surface area contributed by atoms with Gasteiger partial charge >= 0.3 is 0 Å². The number of anilines is 2. The summed E-state index contributed by atoms with van der Waals surface area (Å²) in [5.41, 5.74) is 8.89. The highest BCUT2D eigenvalue weighted by molar-refractivity contribution is 5.58. The van der Waals surface area contributed by atoms with Crippen LogP contribution >= 0.6 is 0 Å². The van der Waals surface area contributed by atoms with Gasteiger partial charge in [-0.15, -0.1) is 0 Å². The summed E-state index contributed by atoms with van der Waals surface area (Å²) in [4.78, 5) is 0. The number of nitrogens with two attached hydrogens (primary N) is 1. The third-order valence-electron chi connectivity index (χ3n) is 1.85. The fraction of sp³-hybridized carbons (Fsp3) is 0.250. The van der Waals surface area contributed by atoms with Gasteiger partial charge in [0, 0.05) is 17.9 Å². The third-order valence-corrected chi connectivity index (χ3v) is 1.85. The van der Waals surface area contributed by atoms with Crippen molar-refractivity contribution in [1.29, 1.82) is 0 Å². The molecule has 11 heavy (non-hydrogen) atoms. The van der Waals surface area contributed by atoms with Crippen molar-refractivity contribution in [3.63, 3.8) is 0 Å². The Morgan fingerprint density at radius 2 is 2.27 bits per heavy atom. The van der Waals surface area contributed by atoms with Crippen molar-refractivity contribution in [2.45, 2.75) is 6.54 Å². The van der Waals surface area contributed by atoms with E-state index in [-0.39, 0.29) is 0 Å². The van der Waals surface area contributed by atoms with Crippen LogP contribution in [-0.2, 0) is 6.54 Å². The quantitative estimate of drug-likeness (QED) is 0.477. The standard InChI is InChI=1S/C8H11N3/c9-7-1-2-8-6(3-7)4-10-5-11-8/h1-3,10-11H,4-5,9H2. The molecule has 1 aromatic rings. The summed E-state index contributed by atoms with van der Waals surface area (Å²) in [7, 11) is 0. The van der Waals surface area contributed by atoms with Crippen molar-refractivity contribution in [2.24, 2.45) is 0 Å². The fourth-order valence-corrected chi connectivity index (χ4v) is 1.29. The molecule has 0 radical (unpaired) electrons. The van der Waals surface area contributed by atoms with Crippen LogP contribution in [0.3, 0.4) is 0 Å². The van der Waals surface area contributed by atoms with Crippen LogP contribution < -0.4 is 16.4 Å². The maximum absolute atomic E-state index is 5.63. The molecule has 0 saturated carbocycles. The van der Waals surface area contributed by atoms with Crippen LogP contribution in [0, 0.1) is 0 Å². The van der Waals surface area contributed by atoms with Crippen molar-refractivity contribution in [3.05, 3.63) is 23.8 Å². The molecule has 1 aromatic carbocycles. The van der Waals surface area contributed by atoms with E-state index in [9.17, 15) is 0 Å². The lowest BCUT2D eigenvalue weighted by atomic mass is 10.1. The number of rotatable bonds is 0. The molecule has 58 valence electrons. The first-order valence-electron chi connectivity index (χ1n) is 3.69. The lowest BCUT2D eigenvalue weighted by Gasteiger charge is -2.18. The lowest BCUT2D eigenvalue weighted by Crippen LogP contribution is -2.27. The van der Waals surface area contributed by atoms with Gasteiger partial charge in [0.2, 0.25) is 0 Å². The molecule has 0 unspecified atom stereocenters. The first-order chi connectivity index (χ1) is 5.36. The van der Waals surface area contributed by atoms with Crippen molar-refractivity contribution >= 4 is 11.4 Å². The van der Waals surface area contributed by atoms with Crippen molar-refractivity contribution in [2.75, 3.05) is 17.7 Å². The van der Waals surface area contributed by atoms with Gasteiger partial charge in [-0.05, 0) is 23.8 Å². The van der Waals surface area contributed by atoms with Gasteiger partial charge in [-0.2, -0.15) is 0 Å². The molecule has 1 heterocycles. The van der Waals surface area contributed by atoms with Crippen molar-refractivity contribution in [1.82, 2.24) is 5.32 Å². The molecular formula is C8H11N3. The number of nitrogen functional groups attached to an aromatic ring is 1. The molecule has 0 aliphatic carbocycles. The number of hydrogen-bond acceptors (Lipinski definition) is 3. The first kappa shape index (κ1) is 6.49. The van der Waals surface area contributed by atoms with E-state index in [4.69, 9.17) is 5.73 Å². The van der Waals surface area contributed by atoms with E-state index < -0.39 is 0 Å². The van der Waals surface area contributed by atoms with Crippen LogP contribution in [0.25, 0.3) is 0 Å². The van der Waals surface area contributed by atoms with Crippen molar-refractivity contribution in [3.8, 4) is 0 Å². The van der Waals surface area contributed by atoms with E-state index in [0.29, 0.717) is 0 Å². The highest BCUT2D eigenvalue weighted by Gasteiger charge is 2.05. The topological polar surface area (TPSA) is 50.1 Å². The predicted octanol–water partition coefficient (Wildman–Crippen LogP) is 0.741. The minimum atomic E-state index is 0.828. The van der Waals surface area contributed by atoms with Gasteiger partial charge in [0.05, 0.1) is 6.67 Å². The van der Waals surface area contributed by atoms with Crippen molar-refractivity contribution < 1.29 is 0 Å². The molecule has 0 fully saturated rings. The minimum absolute atomic E-state index is 0.828. The number of benzene rings is 1. The Bertz CT molecular complexity index is 270. The molecule has 0 bridgehead atoms. The van der Waals surface area contributed by atoms with Crippen LogP contribution in [0.4, 0.5) is 11.4 Å². The molecule has 1 aliphatic heterocycles. The van der Waals surface area contributed by atoms with Gasteiger partial charge in [-0.1, -0.05) is 0 Å². The fourth-order valence-electron chi connectivity index (χ4n) is 1.29. The molecular weight excluding hydrogens is 138 g/mol. The largest absolute Gasteiger partial charge is 0.399 e.